The normalized spacial score (nSPS) is 21.4. The fourth-order valence-electron chi connectivity index (χ4n) is 2.58. The molecule has 2 unspecified atom stereocenters. The Morgan fingerprint density at radius 1 is 1.25 bits per heavy atom. The molecule has 1 aromatic rings. The second-order valence-electron chi connectivity index (χ2n) is 5.76. The highest BCUT2D eigenvalue weighted by Crippen LogP contribution is 2.21. The number of hydrogen-bond donors (Lipinski definition) is 2. The highest BCUT2D eigenvalue weighted by Gasteiger charge is 2.33. The van der Waals surface area contributed by atoms with Crippen molar-refractivity contribution in [3.05, 3.63) is 35.9 Å². The fourth-order valence-corrected chi connectivity index (χ4v) is 2.58. The van der Waals surface area contributed by atoms with Gasteiger partial charge in [-0.25, -0.2) is 0 Å². The van der Waals surface area contributed by atoms with Crippen LogP contribution in [-0.4, -0.2) is 53.2 Å². The maximum Gasteiger partial charge on any atom is 0.389 e. The Bertz CT molecular complexity index is 578. The van der Waals surface area contributed by atoms with Gasteiger partial charge in [0.05, 0.1) is 18.6 Å². The Hall–Kier alpha value is -2.09. The summed E-state index contributed by atoms with van der Waals surface area (Å²) < 4.78 is 36.3. The third-order valence-electron chi connectivity index (χ3n) is 3.87. The van der Waals surface area contributed by atoms with Crippen molar-refractivity contribution in [2.24, 2.45) is 0 Å². The average Bonchev–Trinajstić information content (AvgIpc) is 2.54. The van der Waals surface area contributed by atoms with E-state index in [2.05, 4.69) is 5.32 Å². The largest absolute Gasteiger partial charge is 0.389 e. The van der Waals surface area contributed by atoms with Crippen molar-refractivity contribution in [1.29, 1.82) is 0 Å². The number of nitrogens with one attached hydrogen (secondary N) is 1. The van der Waals surface area contributed by atoms with E-state index in [4.69, 9.17) is 0 Å². The molecule has 0 spiro atoms. The summed E-state index contributed by atoms with van der Waals surface area (Å²) in [6, 6.07) is 7.94. The summed E-state index contributed by atoms with van der Waals surface area (Å²) in [5.74, 6) is -0.976. The smallest absolute Gasteiger partial charge is 0.389 e. The molecule has 2 amide bonds. The van der Waals surface area contributed by atoms with Crippen molar-refractivity contribution >= 4 is 11.8 Å². The van der Waals surface area contributed by atoms with Crippen LogP contribution in [0.15, 0.2) is 30.3 Å². The number of alkyl halides is 3. The van der Waals surface area contributed by atoms with Gasteiger partial charge in [0.25, 0.3) is 5.91 Å². The fraction of sp³-hybridized carbons (Fsp3) is 0.500. The molecule has 2 N–H and O–H groups in total. The van der Waals surface area contributed by atoms with Crippen LogP contribution in [0.3, 0.4) is 0 Å². The highest BCUT2D eigenvalue weighted by atomic mass is 19.4. The van der Waals surface area contributed by atoms with Crippen molar-refractivity contribution in [2.75, 3.05) is 13.1 Å². The van der Waals surface area contributed by atoms with Crippen molar-refractivity contribution < 1.29 is 27.9 Å². The summed E-state index contributed by atoms with van der Waals surface area (Å²) in [5.41, 5.74) is 0.498. The lowest BCUT2D eigenvalue weighted by atomic mass is 10.0. The van der Waals surface area contributed by atoms with Crippen LogP contribution in [0.5, 0.6) is 0 Å². The van der Waals surface area contributed by atoms with E-state index in [0.29, 0.717) is 12.1 Å². The van der Waals surface area contributed by atoms with Gasteiger partial charge in [0.1, 0.15) is 0 Å². The van der Waals surface area contributed by atoms with Crippen LogP contribution < -0.4 is 5.32 Å². The summed E-state index contributed by atoms with van der Waals surface area (Å²) >= 11 is 0. The van der Waals surface area contributed by atoms with Gasteiger partial charge < -0.3 is 15.3 Å². The Kier molecular flexibility index (Phi) is 5.82. The van der Waals surface area contributed by atoms with Gasteiger partial charge in [0.2, 0.25) is 5.91 Å². The first-order chi connectivity index (χ1) is 11.3. The maximum absolute atomic E-state index is 12.3. The van der Waals surface area contributed by atoms with Crippen LogP contribution in [-0.2, 0) is 4.79 Å². The van der Waals surface area contributed by atoms with Gasteiger partial charge in [-0.2, -0.15) is 13.2 Å². The minimum atomic E-state index is -4.39. The number of likely N-dealkylation sites (tertiary alicyclic amines) is 1. The number of carbonyl (C=O) groups is 2. The van der Waals surface area contributed by atoms with Gasteiger partial charge in [-0.15, -0.1) is 0 Å². The molecule has 0 radical (unpaired) electrons. The van der Waals surface area contributed by atoms with Crippen LogP contribution in [0.1, 0.15) is 29.6 Å². The lowest BCUT2D eigenvalue weighted by molar-refractivity contribution is -0.144. The SMILES string of the molecule is O=C(CCC(F)(F)F)NC1CCN(C(=O)c2ccccc2)CC1O. The predicted octanol–water partition coefficient (Wildman–Crippen LogP) is 1.72. The number of amides is 2. The van der Waals surface area contributed by atoms with Gasteiger partial charge in [0.15, 0.2) is 0 Å². The molecule has 0 aliphatic carbocycles. The van der Waals surface area contributed by atoms with Crippen molar-refractivity contribution in [1.82, 2.24) is 10.2 Å². The van der Waals surface area contributed by atoms with E-state index in [9.17, 15) is 27.9 Å². The lowest BCUT2D eigenvalue weighted by Gasteiger charge is -2.36. The number of rotatable bonds is 4. The molecule has 1 aromatic carbocycles. The van der Waals surface area contributed by atoms with E-state index in [1.165, 1.54) is 4.90 Å². The molecule has 5 nitrogen and oxygen atoms in total. The molecule has 0 aromatic heterocycles. The van der Waals surface area contributed by atoms with Crippen LogP contribution in [0.25, 0.3) is 0 Å². The number of benzene rings is 1. The summed E-state index contributed by atoms with van der Waals surface area (Å²) in [5, 5.41) is 12.5. The van der Waals surface area contributed by atoms with Gasteiger partial charge in [-0.3, -0.25) is 9.59 Å². The summed E-state index contributed by atoms with van der Waals surface area (Å²) in [7, 11) is 0. The number of carbonyl (C=O) groups excluding carboxylic acids is 2. The molecule has 1 aliphatic rings. The van der Waals surface area contributed by atoms with E-state index in [1.807, 2.05) is 0 Å². The molecule has 2 rings (SSSR count). The molecule has 1 aliphatic heterocycles. The molecule has 1 fully saturated rings. The molecule has 2 atom stereocenters. The van der Waals surface area contributed by atoms with Gasteiger partial charge in [-0.1, -0.05) is 18.2 Å². The Labute approximate surface area is 137 Å². The van der Waals surface area contributed by atoms with Crippen molar-refractivity contribution in [3.8, 4) is 0 Å². The summed E-state index contributed by atoms with van der Waals surface area (Å²) in [6.45, 7) is 0.340. The third-order valence-corrected chi connectivity index (χ3v) is 3.87. The van der Waals surface area contributed by atoms with Crippen molar-refractivity contribution in [2.45, 2.75) is 37.6 Å². The van der Waals surface area contributed by atoms with E-state index in [0.717, 1.165) is 0 Å². The van der Waals surface area contributed by atoms with E-state index < -0.39 is 37.1 Å². The first-order valence-corrected chi connectivity index (χ1v) is 7.65. The van der Waals surface area contributed by atoms with E-state index in [1.54, 1.807) is 30.3 Å². The third kappa shape index (κ3) is 5.23. The molecular weight excluding hydrogens is 325 g/mol. The molecule has 1 heterocycles. The summed E-state index contributed by atoms with van der Waals surface area (Å²) in [4.78, 5) is 25.3. The lowest BCUT2D eigenvalue weighted by Crippen LogP contribution is -2.55. The molecular formula is C16H19F3N2O3. The quantitative estimate of drug-likeness (QED) is 0.874. The van der Waals surface area contributed by atoms with Gasteiger partial charge in [0, 0.05) is 25.1 Å². The van der Waals surface area contributed by atoms with E-state index in [-0.39, 0.29) is 18.9 Å². The van der Waals surface area contributed by atoms with Crippen LogP contribution in [0.4, 0.5) is 13.2 Å². The number of aliphatic hydroxyl groups excluding tert-OH is 1. The van der Waals surface area contributed by atoms with E-state index >= 15 is 0 Å². The average molecular weight is 344 g/mol. The number of nitrogens with zero attached hydrogens (tertiary/aromatic N) is 1. The molecule has 24 heavy (non-hydrogen) atoms. The number of halogens is 3. The second-order valence-corrected chi connectivity index (χ2v) is 5.76. The maximum atomic E-state index is 12.3. The Morgan fingerprint density at radius 2 is 1.92 bits per heavy atom. The van der Waals surface area contributed by atoms with Crippen LogP contribution in [0, 0.1) is 0 Å². The van der Waals surface area contributed by atoms with Crippen LogP contribution in [0.2, 0.25) is 0 Å². The predicted molar refractivity (Wildman–Crippen MR) is 80.2 cm³/mol. The zero-order chi connectivity index (χ0) is 17.7. The number of β-amino-alcohol motifs (C(OH)–C–C–N with tert-alkyl or cyclic N) is 1. The molecule has 0 bridgehead atoms. The highest BCUT2D eigenvalue weighted by molar-refractivity contribution is 5.94. The van der Waals surface area contributed by atoms with Crippen LogP contribution >= 0.6 is 0 Å². The first-order valence-electron chi connectivity index (χ1n) is 7.65. The molecule has 132 valence electrons. The molecule has 8 heteroatoms. The Morgan fingerprint density at radius 3 is 2.50 bits per heavy atom. The number of hydrogen-bond acceptors (Lipinski definition) is 3. The first kappa shape index (κ1) is 18.3. The zero-order valence-electron chi connectivity index (χ0n) is 12.9. The van der Waals surface area contributed by atoms with Gasteiger partial charge in [-0.05, 0) is 18.6 Å². The van der Waals surface area contributed by atoms with Crippen molar-refractivity contribution in [3.63, 3.8) is 0 Å². The monoisotopic (exact) mass is 344 g/mol. The minimum Gasteiger partial charge on any atom is -0.389 e. The zero-order valence-corrected chi connectivity index (χ0v) is 12.9. The minimum absolute atomic E-state index is 0.0257. The van der Waals surface area contributed by atoms with Gasteiger partial charge >= 0.3 is 6.18 Å². The molecule has 0 saturated carbocycles. The molecule has 1 saturated heterocycles. The number of aliphatic hydroxyl groups is 1. The standard InChI is InChI=1S/C16H19F3N2O3/c17-16(18,19)8-6-14(23)20-12-7-9-21(10-13(12)22)15(24)11-4-2-1-3-5-11/h1-5,12-13,22H,6-10H2,(H,20,23). The second kappa shape index (κ2) is 7.65. The number of piperidine rings is 1. The topological polar surface area (TPSA) is 69.6 Å². The summed E-state index contributed by atoms with van der Waals surface area (Å²) in [6.07, 6.45) is -6.97. The Balaban J connectivity index is 1.84.